The quantitative estimate of drug-likeness (QED) is 0.595. The molecule has 2 fully saturated rings. The molecule has 13 heavy (non-hydrogen) atoms. The van der Waals surface area contributed by atoms with Gasteiger partial charge in [0.25, 0.3) is 0 Å². The zero-order valence-electron chi connectivity index (χ0n) is 9.61. The number of fused-ring (bicyclic) bond motifs is 2. The molecule has 2 aliphatic rings. The number of hydrogen-bond donors (Lipinski definition) is 0. The van der Waals surface area contributed by atoms with E-state index in [4.69, 9.17) is 0 Å². The molecule has 2 rings (SSSR count). The van der Waals surface area contributed by atoms with Crippen LogP contribution >= 0.6 is 0 Å². The summed E-state index contributed by atoms with van der Waals surface area (Å²) in [5.41, 5.74) is 1.19. The average Bonchev–Trinajstić information content (AvgIpc) is 2.37. The van der Waals surface area contributed by atoms with E-state index < -0.39 is 0 Å². The van der Waals surface area contributed by atoms with E-state index in [1.54, 1.807) is 0 Å². The highest BCUT2D eigenvalue weighted by atomic mass is 14.6. The van der Waals surface area contributed by atoms with E-state index in [2.05, 4.69) is 27.7 Å². The Kier molecular flexibility index (Phi) is 2.02. The summed E-state index contributed by atoms with van der Waals surface area (Å²) in [6.07, 6.45) is 7.11. The van der Waals surface area contributed by atoms with Crippen molar-refractivity contribution in [1.29, 1.82) is 0 Å². The third-order valence-corrected chi connectivity index (χ3v) is 5.26. The molecule has 0 heteroatoms. The van der Waals surface area contributed by atoms with Crippen LogP contribution in [0.4, 0.5) is 0 Å². The SMILES string of the molecule is CCC[C]1CC2CCC1(C)C2(C)C. The van der Waals surface area contributed by atoms with Crippen molar-refractivity contribution in [3.05, 3.63) is 5.92 Å². The van der Waals surface area contributed by atoms with Crippen LogP contribution < -0.4 is 0 Å². The van der Waals surface area contributed by atoms with Crippen molar-refractivity contribution < 1.29 is 0 Å². The van der Waals surface area contributed by atoms with Crippen molar-refractivity contribution in [2.45, 2.75) is 59.8 Å². The van der Waals surface area contributed by atoms with Crippen molar-refractivity contribution in [2.75, 3.05) is 0 Å². The Morgan fingerprint density at radius 3 is 2.38 bits per heavy atom. The molecule has 2 unspecified atom stereocenters. The van der Waals surface area contributed by atoms with Crippen LogP contribution in [0.25, 0.3) is 0 Å². The third-order valence-electron chi connectivity index (χ3n) is 5.26. The second kappa shape index (κ2) is 2.74. The lowest BCUT2D eigenvalue weighted by atomic mass is 9.66. The second-order valence-corrected chi connectivity index (χ2v) is 5.85. The van der Waals surface area contributed by atoms with Crippen LogP contribution in [0.5, 0.6) is 0 Å². The third kappa shape index (κ3) is 1.04. The molecule has 0 aromatic rings. The zero-order chi connectivity index (χ0) is 9.69. The molecule has 2 saturated carbocycles. The van der Waals surface area contributed by atoms with E-state index in [1.165, 1.54) is 32.1 Å². The predicted molar refractivity (Wildman–Crippen MR) is 57.4 cm³/mol. The van der Waals surface area contributed by atoms with Crippen molar-refractivity contribution in [3.63, 3.8) is 0 Å². The molecule has 0 heterocycles. The number of hydrogen-bond acceptors (Lipinski definition) is 0. The lowest BCUT2D eigenvalue weighted by Gasteiger charge is -2.39. The fraction of sp³-hybridized carbons (Fsp3) is 0.923. The van der Waals surface area contributed by atoms with Crippen molar-refractivity contribution in [1.82, 2.24) is 0 Å². The van der Waals surface area contributed by atoms with Crippen LogP contribution in [-0.4, -0.2) is 0 Å². The van der Waals surface area contributed by atoms with Crippen LogP contribution in [0.2, 0.25) is 0 Å². The maximum absolute atomic E-state index is 2.52. The maximum Gasteiger partial charge on any atom is -0.0174 e. The van der Waals surface area contributed by atoms with Gasteiger partial charge in [0.05, 0.1) is 0 Å². The van der Waals surface area contributed by atoms with Crippen LogP contribution in [0, 0.1) is 22.7 Å². The molecule has 0 spiro atoms. The topological polar surface area (TPSA) is 0 Å². The molecular formula is C13H23. The summed E-state index contributed by atoms with van der Waals surface area (Å²) in [4.78, 5) is 0. The fourth-order valence-corrected chi connectivity index (χ4v) is 3.79. The van der Waals surface area contributed by atoms with Crippen LogP contribution in [0.15, 0.2) is 0 Å². The smallest absolute Gasteiger partial charge is 0.0174 e. The zero-order valence-corrected chi connectivity index (χ0v) is 9.61. The van der Waals surface area contributed by atoms with Gasteiger partial charge in [-0.05, 0) is 48.3 Å². The van der Waals surface area contributed by atoms with Gasteiger partial charge in [0.1, 0.15) is 0 Å². The van der Waals surface area contributed by atoms with E-state index in [0.717, 1.165) is 5.92 Å². The molecule has 2 aliphatic carbocycles. The van der Waals surface area contributed by atoms with Crippen LogP contribution in [0.1, 0.15) is 59.8 Å². The summed E-state index contributed by atoms with van der Waals surface area (Å²) < 4.78 is 0. The van der Waals surface area contributed by atoms with E-state index in [-0.39, 0.29) is 0 Å². The van der Waals surface area contributed by atoms with Gasteiger partial charge in [0.2, 0.25) is 0 Å². The highest BCUT2D eigenvalue weighted by molar-refractivity contribution is 5.23. The lowest BCUT2D eigenvalue weighted by Crippen LogP contribution is -2.31. The minimum absolute atomic E-state index is 0.591. The number of rotatable bonds is 2. The largest absolute Gasteiger partial charge is 0.0654 e. The molecule has 2 atom stereocenters. The van der Waals surface area contributed by atoms with Gasteiger partial charge in [-0.15, -0.1) is 0 Å². The highest BCUT2D eigenvalue weighted by Crippen LogP contribution is 2.69. The molecule has 0 aromatic heterocycles. The molecule has 2 bridgehead atoms. The van der Waals surface area contributed by atoms with Gasteiger partial charge >= 0.3 is 0 Å². The van der Waals surface area contributed by atoms with Crippen molar-refractivity contribution in [3.8, 4) is 0 Å². The minimum atomic E-state index is 0.591. The molecule has 0 saturated heterocycles. The summed E-state index contributed by atoms with van der Waals surface area (Å²) in [7, 11) is 0. The molecule has 0 amide bonds. The first-order valence-corrected chi connectivity index (χ1v) is 5.87. The standard InChI is InChI=1S/C13H23/c1-5-6-11-9-10-7-8-13(11,4)12(10,2)3/h10H,5-9H2,1-4H3. The van der Waals surface area contributed by atoms with Crippen LogP contribution in [0.3, 0.4) is 0 Å². The molecule has 75 valence electrons. The molecule has 0 nitrogen and oxygen atoms in total. The van der Waals surface area contributed by atoms with E-state index >= 15 is 0 Å². The van der Waals surface area contributed by atoms with Gasteiger partial charge < -0.3 is 0 Å². The van der Waals surface area contributed by atoms with E-state index in [9.17, 15) is 0 Å². The summed E-state index contributed by atoms with van der Waals surface area (Å²) in [5, 5.41) is 0. The summed E-state index contributed by atoms with van der Waals surface area (Å²) >= 11 is 0. The molecule has 0 aromatic carbocycles. The Bertz CT molecular complexity index is 204. The minimum Gasteiger partial charge on any atom is -0.0654 e. The Morgan fingerprint density at radius 2 is 2.00 bits per heavy atom. The van der Waals surface area contributed by atoms with Crippen molar-refractivity contribution in [2.24, 2.45) is 16.7 Å². The predicted octanol–water partition coefficient (Wildman–Crippen LogP) is 4.21. The molecular weight excluding hydrogens is 156 g/mol. The van der Waals surface area contributed by atoms with Crippen molar-refractivity contribution >= 4 is 0 Å². The van der Waals surface area contributed by atoms with E-state index in [0.29, 0.717) is 10.8 Å². The normalized spacial score (nSPS) is 42.9. The molecule has 0 aliphatic heterocycles. The fourth-order valence-electron chi connectivity index (χ4n) is 3.79. The van der Waals surface area contributed by atoms with Gasteiger partial charge in [-0.2, -0.15) is 0 Å². The highest BCUT2D eigenvalue weighted by Gasteiger charge is 2.60. The lowest BCUT2D eigenvalue weighted by molar-refractivity contribution is 0.161. The molecule has 0 N–H and O–H groups in total. The van der Waals surface area contributed by atoms with E-state index in [1.807, 2.05) is 5.92 Å². The Hall–Kier alpha value is 0. The van der Waals surface area contributed by atoms with Gasteiger partial charge in [0.15, 0.2) is 0 Å². The first-order chi connectivity index (χ1) is 6.02. The second-order valence-electron chi connectivity index (χ2n) is 5.85. The van der Waals surface area contributed by atoms with Crippen LogP contribution in [-0.2, 0) is 0 Å². The first kappa shape index (κ1) is 9.55. The first-order valence-electron chi connectivity index (χ1n) is 5.87. The average molecular weight is 179 g/mol. The summed E-state index contributed by atoms with van der Waals surface area (Å²) in [5.74, 6) is 2.88. The summed E-state index contributed by atoms with van der Waals surface area (Å²) in [6, 6.07) is 0. The van der Waals surface area contributed by atoms with Gasteiger partial charge in [-0.3, -0.25) is 0 Å². The van der Waals surface area contributed by atoms with Gasteiger partial charge in [-0.1, -0.05) is 34.1 Å². The van der Waals surface area contributed by atoms with Gasteiger partial charge in [-0.25, -0.2) is 0 Å². The Labute approximate surface area is 83.1 Å². The monoisotopic (exact) mass is 179 g/mol. The van der Waals surface area contributed by atoms with Gasteiger partial charge in [0, 0.05) is 0 Å². The molecule has 1 radical (unpaired) electrons. The maximum atomic E-state index is 2.52. The Morgan fingerprint density at radius 1 is 1.31 bits per heavy atom. The summed E-state index contributed by atoms with van der Waals surface area (Å²) in [6.45, 7) is 9.82. The Balaban J connectivity index is 2.22.